The molecule has 8 heteroatoms. The van der Waals surface area contributed by atoms with E-state index in [0.29, 0.717) is 11.3 Å². The fourth-order valence-corrected chi connectivity index (χ4v) is 2.90. The van der Waals surface area contributed by atoms with Crippen LogP contribution in [0.3, 0.4) is 0 Å². The second kappa shape index (κ2) is 9.17. The molecule has 0 aliphatic heterocycles. The summed E-state index contributed by atoms with van der Waals surface area (Å²) in [4.78, 5) is 35.6. The van der Waals surface area contributed by atoms with Crippen LogP contribution in [0, 0.1) is 6.92 Å². The van der Waals surface area contributed by atoms with E-state index in [0.717, 1.165) is 37.2 Å². The summed E-state index contributed by atoms with van der Waals surface area (Å²) in [5.41, 5.74) is 2.60. The highest BCUT2D eigenvalue weighted by molar-refractivity contribution is 7.11. The smallest absolute Gasteiger partial charge is 0.263 e. The second-order valence-electron chi connectivity index (χ2n) is 5.62. The number of nitrogens with one attached hydrogen (secondary N) is 3. The molecule has 0 radical (unpaired) electrons. The number of unbranched alkanes of at least 4 members (excludes halogenated alkanes) is 2. The van der Waals surface area contributed by atoms with E-state index in [1.54, 1.807) is 25.0 Å². The van der Waals surface area contributed by atoms with E-state index < -0.39 is 0 Å². The van der Waals surface area contributed by atoms with E-state index in [-0.39, 0.29) is 17.9 Å². The van der Waals surface area contributed by atoms with Gasteiger partial charge >= 0.3 is 0 Å². The summed E-state index contributed by atoms with van der Waals surface area (Å²) < 4.78 is 0. The van der Waals surface area contributed by atoms with Gasteiger partial charge in [-0.2, -0.15) is 0 Å². The molecule has 130 valence electrons. The van der Waals surface area contributed by atoms with Crippen molar-refractivity contribution in [1.82, 2.24) is 25.6 Å². The van der Waals surface area contributed by atoms with Gasteiger partial charge < -0.3 is 15.6 Å². The van der Waals surface area contributed by atoms with E-state index in [9.17, 15) is 9.59 Å². The van der Waals surface area contributed by atoms with Gasteiger partial charge in [-0.25, -0.2) is 4.98 Å². The Morgan fingerprint density at radius 3 is 2.75 bits per heavy atom. The summed E-state index contributed by atoms with van der Waals surface area (Å²) in [6, 6.07) is -0.173. The Balaban J connectivity index is 1.89. The van der Waals surface area contributed by atoms with Crippen molar-refractivity contribution in [2.75, 3.05) is 7.05 Å². The van der Waals surface area contributed by atoms with Crippen LogP contribution in [0.15, 0.2) is 17.9 Å². The average molecular weight is 349 g/mol. The first kappa shape index (κ1) is 18.1. The van der Waals surface area contributed by atoms with Crippen molar-refractivity contribution in [3.05, 3.63) is 34.3 Å². The minimum atomic E-state index is -0.173. The van der Waals surface area contributed by atoms with Crippen molar-refractivity contribution in [2.24, 2.45) is 0 Å². The van der Waals surface area contributed by atoms with Gasteiger partial charge in [-0.3, -0.25) is 14.6 Å². The summed E-state index contributed by atoms with van der Waals surface area (Å²) in [6.07, 6.45) is 7.30. The molecule has 0 saturated heterocycles. The van der Waals surface area contributed by atoms with Crippen LogP contribution in [0.4, 0.5) is 0 Å². The summed E-state index contributed by atoms with van der Waals surface area (Å²) in [6.45, 7) is 1.93. The van der Waals surface area contributed by atoms with E-state index >= 15 is 0 Å². The van der Waals surface area contributed by atoms with Gasteiger partial charge in [-0.15, -0.1) is 11.3 Å². The molecule has 24 heavy (non-hydrogen) atoms. The van der Waals surface area contributed by atoms with E-state index in [2.05, 4.69) is 25.6 Å². The van der Waals surface area contributed by atoms with Gasteiger partial charge in [0.05, 0.1) is 17.7 Å². The third-order valence-corrected chi connectivity index (χ3v) is 4.46. The first-order valence-electron chi connectivity index (χ1n) is 8.01. The molecule has 2 amide bonds. The number of hydrogen-bond donors (Lipinski definition) is 3. The summed E-state index contributed by atoms with van der Waals surface area (Å²) in [5, 5.41) is 5.64. The molecule has 2 aromatic rings. The van der Waals surface area contributed by atoms with Gasteiger partial charge in [0.25, 0.3) is 5.91 Å². The van der Waals surface area contributed by atoms with Crippen molar-refractivity contribution in [1.29, 1.82) is 0 Å². The van der Waals surface area contributed by atoms with Crippen molar-refractivity contribution in [3.63, 3.8) is 0 Å². The van der Waals surface area contributed by atoms with Crippen molar-refractivity contribution in [2.45, 2.75) is 45.1 Å². The molecule has 2 aromatic heterocycles. The molecule has 0 aliphatic carbocycles. The number of rotatable bonds is 9. The van der Waals surface area contributed by atoms with Gasteiger partial charge in [-0.05, 0) is 19.8 Å². The predicted molar refractivity (Wildman–Crippen MR) is 92.8 cm³/mol. The highest BCUT2D eigenvalue weighted by atomic mass is 32.1. The Bertz CT molecular complexity index is 653. The van der Waals surface area contributed by atoms with E-state index in [4.69, 9.17) is 0 Å². The highest BCUT2D eigenvalue weighted by Gasteiger charge is 2.19. The van der Waals surface area contributed by atoms with Crippen molar-refractivity contribution in [3.8, 4) is 0 Å². The molecule has 0 aliphatic rings. The molecule has 0 spiro atoms. The molecule has 0 aromatic carbocycles. The number of hydrogen-bond acceptors (Lipinski definition) is 5. The van der Waals surface area contributed by atoms with Crippen LogP contribution in [0.2, 0.25) is 0 Å². The first-order chi connectivity index (χ1) is 11.6. The number of amides is 2. The molecule has 0 bridgehead atoms. The van der Waals surface area contributed by atoms with E-state index in [1.807, 2.05) is 6.92 Å². The molecule has 2 rings (SSSR count). The van der Waals surface area contributed by atoms with Gasteiger partial charge in [-0.1, -0.05) is 12.8 Å². The summed E-state index contributed by atoms with van der Waals surface area (Å²) >= 11 is 1.31. The number of aromatic nitrogens is 3. The lowest BCUT2D eigenvalue weighted by molar-refractivity contribution is -0.120. The number of nitrogens with zero attached hydrogens (tertiary/aromatic N) is 2. The lowest BCUT2D eigenvalue weighted by Crippen LogP contribution is -2.28. The van der Waals surface area contributed by atoms with Crippen LogP contribution in [-0.2, 0) is 4.79 Å². The standard InChI is InChI=1S/C16H23N5O2S/c1-11-8-19-15(20-11)12(6-4-3-5-7-14(22)17-2)21-16(23)13-9-18-10-24-13/h8-10,12H,3-7H2,1-2H3,(H,17,22)(H,19,20)(H,21,23). The Labute approximate surface area is 145 Å². The van der Waals surface area contributed by atoms with Crippen LogP contribution < -0.4 is 10.6 Å². The molecular formula is C16H23N5O2S. The average Bonchev–Trinajstić information content (AvgIpc) is 3.24. The molecule has 1 atom stereocenters. The molecule has 2 heterocycles. The van der Waals surface area contributed by atoms with Gasteiger partial charge in [0.2, 0.25) is 5.91 Å². The minimum Gasteiger partial charge on any atom is -0.359 e. The lowest BCUT2D eigenvalue weighted by atomic mass is 10.1. The maximum absolute atomic E-state index is 12.3. The van der Waals surface area contributed by atoms with Crippen LogP contribution in [0.1, 0.15) is 59.3 Å². The first-order valence-corrected chi connectivity index (χ1v) is 8.89. The van der Waals surface area contributed by atoms with Crippen LogP contribution in [0.25, 0.3) is 0 Å². The number of carbonyl (C=O) groups is 2. The zero-order chi connectivity index (χ0) is 17.4. The molecule has 3 N–H and O–H groups in total. The molecular weight excluding hydrogens is 326 g/mol. The maximum atomic E-state index is 12.3. The maximum Gasteiger partial charge on any atom is 0.263 e. The Morgan fingerprint density at radius 1 is 1.29 bits per heavy atom. The number of thiazole rings is 1. The minimum absolute atomic E-state index is 0.0618. The summed E-state index contributed by atoms with van der Waals surface area (Å²) in [7, 11) is 1.65. The quantitative estimate of drug-likeness (QED) is 0.605. The molecule has 1 unspecified atom stereocenters. The van der Waals surface area contributed by atoms with Crippen LogP contribution in [-0.4, -0.2) is 33.8 Å². The summed E-state index contributed by atoms with van der Waals surface area (Å²) in [5.74, 6) is 0.685. The van der Waals surface area contributed by atoms with Crippen molar-refractivity contribution >= 4 is 23.2 Å². The van der Waals surface area contributed by atoms with Crippen LogP contribution >= 0.6 is 11.3 Å². The largest absolute Gasteiger partial charge is 0.359 e. The van der Waals surface area contributed by atoms with Gasteiger partial charge in [0, 0.05) is 25.4 Å². The Morgan fingerprint density at radius 2 is 2.12 bits per heavy atom. The fraction of sp³-hybridized carbons (Fsp3) is 0.500. The second-order valence-corrected chi connectivity index (χ2v) is 6.50. The molecule has 0 fully saturated rings. The topological polar surface area (TPSA) is 99.8 Å². The van der Waals surface area contributed by atoms with Crippen molar-refractivity contribution < 1.29 is 9.59 Å². The Kier molecular flexibility index (Phi) is 6.92. The number of aromatic amines is 1. The number of H-pyrrole nitrogens is 1. The SMILES string of the molecule is CNC(=O)CCCCCC(NC(=O)c1cncs1)c1ncc(C)[nH]1. The lowest BCUT2D eigenvalue weighted by Gasteiger charge is -2.16. The zero-order valence-electron chi connectivity index (χ0n) is 14.0. The normalized spacial score (nSPS) is 11.9. The predicted octanol–water partition coefficient (Wildman–Crippen LogP) is 2.34. The van der Waals surface area contributed by atoms with E-state index in [1.165, 1.54) is 11.3 Å². The molecule has 7 nitrogen and oxygen atoms in total. The third-order valence-electron chi connectivity index (χ3n) is 3.69. The number of aryl methyl sites for hydroxylation is 1. The Hall–Kier alpha value is -2.22. The van der Waals surface area contributed by atoms with Gasteiger partial charge in [0.1, 0.15) is 10.7 Å². The van der Waals surface area contributed by atoms with Gasteiger partial charge in [0.15, 0.2) is 0 Å². The monoisotopic (exact) mass is 349 g/mol. The fourth-order valence-electron chi connectivity index (χ4n) is 2.38. The number of imidazole rings is 1. The number of carbonyl (C=O) groups excluding carboxylic acids is 2. The molecule has 0 saturated carbocycles. The third kappa shape index (κ3) is 5.45. The van der Waals surface area contributed by atoms with Crippen LogP contribution in [0.5, 0.6) is 0 Å². The highest BCUT2D eigenvalue weighted by Crippen LogP contribution is 2.19. The zero-order valence-corrected chi connectivity index (χ0v) is 14.8.